The zero-order valence-corrected chi connectivity index (χ0v) is 15.5. The maximum atomic E-state index is 4.54. The van der Waals surface area contributed by atoms with Gasteiger partial charge in [-0.15, -0.1) is 0 Å². The summed E-state index contributed by atoms with van der Waals surface area (Å²) in [5, 5.41) is 6.62. The van der Waals surface area contributed by atoms with E-state index < -0.39 is 0 Å². The van der Waals surface area contributed by atoms with E-state index in [1.165, 1.54) is 0 Å². The molecule has 3 aromatic carbocycles. The number of fused-ring (bicyclic) bond motifs is 1. The molecule has 0 spiro atoms. The fraction of sp³-hybridized carbons (Fsp3) is 0. The number of anilines is 4. The molecule has 6 nitrogen and oxygen atoms in total. The van der Waals surface area contributed by atoms with Gasteiger partial charge in [0, 0.05) is 23.0 Å². The standard InChI is InChI=1S/C23H18N6/c1-2-6-16(7-3-1)21-14-22(25-15-24-21)26-17-10-12-18(13-11-17)27-23-28-19-8-4-5-9-20(19)29-23/h1-15H,(H,24,25,26)(H2,27,28,29). The Hall–Kier alpha value is -4.19. The van der Waals surface area contributed by atoms with Crippen molar-refractivity contribution in [3.8, 4) is 11.3 Å². The zero-order chi connectivity index (χ0) is 19.5. The third-order valence-electron chi connectivity index (χ3n) is 4.55. The number of nitrogens with zero attached hydrogens (tertiary/aromatic N) is 3. The predicted octanol–water partition coefficient (Wildman–Crippen LogP) is 5.51. The topological polar surface area (TPSA) is 78.5 Å². The summed E-state index contributed by atoms with van der Waals surface area (Å²) in [6.45, 7) is 0. The largest absolute Gasteiger partial charge is 0.340 e. The number of para-hydroxylation sites is 2. The Labute approximate surface area is 167 Å². The smallest absolute Gasteiger partial charge is 0.205 e. The third-order valence-corrected chi connectivity index (χ3v) is 4.55. The minimum Gasteiger partial charge on any atom is -0.340 e. The van der Waals surface area contributed by atoms with Crippen LogP contribution in [0.3, 0.4) is 0 Å². The molecule has 0 amide bonds. The van der Waals surface area contributed by atoms with Gasteiger partial charge in [0.15, 0.2) is 0 Å². The second-order valence-corrected chi connectivity index (χ2v) is 6.58. The molecule has 0 radical (unpaired) electrons. The summed E-state index contributed by atoms with van der Waals surface area (Å²) in [4.78, 5) is 16.5. The van der Waals surface area contributed by atoms with E-state index in [2.05, 4.69) is 30.6 Å². The fourth-order valence-electron chi connectivity index (χ4n) is 3.13. The highest BCUT2D eigenvalue weighted by Gasteiger charge is 2.04. The molecular formula is C23H18N6. The number of H-pyrrole nitrogens is 1. The van der Waals surface area contributed by atoms with Crippen LogP contribution in [0.5, 0.6) is 0 Å². The van der Waals surface area contributed by atoms with Crippen molar-refractivity contribution < 1.29 is 0 Å². The Morgan fingerprint density at radius 3 is 2.21 bits per heavy atom. The van der Waals surface area contributed by atoms with Crippen LogP contribution in [-0.4, -0.2) is 19.9 Å². The summed E-state index contributed by atoms with van der Waals surface area (Å²) >= 11 is 0. The first-order valence-corrected chi connectivity index (χ1v) is 9.30. The van der Waals surface area contributed by atoms with Crippen LogP contribution in [0, 0.1) is 0 Å². The summed E-state index contributed by atoms with van der Waals surface area (Å²) < 4.78 is 0. The zero-order valence-electron chi connectivity index (χ0n) is 15.5. The SMILES string of the molecule is c1ccc(-c2cc(Nc3ccc(Nc4nc5ccccc5[nH]4)cc3)ncn2)cc1. The fourth-order valence-corrected chi connectivity index (χ4v) is 3.13. The number of aromatic amines is 1. The van der Waals surface area contributed by atoms with Gasteiger partial charge in [-0.2, -0.15) is 0 Å². The molecule has 3 N–H and O–H groups in total. The number of rotatable bonds is 5. The van der Waals surface area contributed by atoms with Crippen molar-refractivity contribution in [2.45, 2.75) is 0 Å². The van der Waals surface area contributed by atoms with Crippen molar-refractivity contribution in [2.24, 2.45) is 0 Å². The van der Waals surface area contributed by atoms with Gasteiger partial charge in [-0.1, -0.05) is 42.5 Å². The normalized spacial score (nSPS) is 10.8. The average Bonchev–Trinajstić information content (AvgIpc) is 3.18. The van der Waals surface area contributed by atoms with Crippen LogP contribution in [0.4, 0.5) is 23.1 Å². The Bertz CT molecular complexity index is 1210. The van der Waals surface area contributed by atoms with E-state index in [1.54, 1.807) is 6.33 Å². The lowest BCUT2D eigenvalue weighted by Crippen LogP contribution is -1.96. The highest BCUT2D eigenvalue weighted by molar-refractivity contribution is 5.78. The van der Waals surface area contributed by atoms with Gasteiger partial charge in [0.2, 0.25) is 5.95 Å². The van der Waals surface area contributed by atoms with E-state index in [9.17, 15) is 0 Å². The monoisotopic (exact) mass is 378 g/mol. The van der Waals surface area contributed by atoms with Gasteiger partial charge in [-0.05, 0) is 36.4 Å². The van der Waals surface area contributed by atoms with E-state index >= 15 is 0 Å². The van der Waals surface area contributed by atoms with Gasteiger partial charge in [-0.25, -0.2) is 15.0 Å². The van der Waals surface area contributed by atoms with E-state index in [0.717, 1.165) is 45.4 Å². The van der Waals surface area contributed by atoms with Crippen LogP contribution < -0.4 is 10.6 Å². The second kappa shape index (κ2) is 7.44. The van der Waals surface area contributed by atoms with Gasteiger partial charge >= 0.3 is 0 Å². The first-order chi connectivity index (χ1) is 14.3. The van der Waals surface area contributed by atoms with E-state index in [-0.39, 0.29) is 0 Å². The molecular weight excluding hydrogens is 360 g/mol. The molecule has 2 aromatic heterocycles. The Morgan fingerprint density at radius 1 is 0.690 bits per heavy atom. The third kappa shape index (κ3) is 3.77. The minimum atomic E-state index is 0.718. The van der Waals surface area contributed by atoms with Crippen molar-refractivity contribution in [3.63, 3.8) is 0 Å². The van der Waals surface area contributed by atoms with E-state index in [0.29, 0.717) is 0 Å². The molecule has 5 rings (SSSR count). The molecule has 0 unspecified atom stereocenters. The molecule has 0 aliphatic heterocycles. The van der Waals surface area contributed by atoms with Crippen LogP contribution in [-0.2, 0) is 0 Å². The van der Waals surface area contributed by atoms with Crippen LogP contribution in [0.1, 0.15) is 0 Å². The number of nitrogens with one attached hydrogen (secondary N) is 3. The number of aromatic nitrogens is 4. The molecule has 0 saturated heterocycles. The van der Waals surface area contributed by atoms with Gasteiger partial charge < -0.3 is 15.6 Å². The highest BCUT2D eigenvalue weighted by Crippen LogP contribution is 2.23. The van der Waals surface area contributed by atoms with E-state index in [4.69, 9.17) is 0 Å². The number of benzene rings is 3. The summed E-state index contributed by atoms with van der Waals surface area (Å²) in [6, 6.07) is 27.9. The summed E-state index contributed by atoms with van der Waals surface area (Å²) in [6.07, 6.45) is 1.57. The lowest BCUT2D eigenvalue weighted by Gasteiger charge is -2.08. The Kier molecular flexibility index (Phi) is 4.35. The molecule has 0 bridgehead atoms. The minimum absolute atomic E-state index is 0.718. The van der Waals surface area contributed by atoms with Gasteiger partial charge in [0.1, 0.15) is 12.1 Å². The summed E-state index contributed by atoms with van der Waals surface area (Å²) in [5.74, 6) is 1.46. The van der Waals surface area contributed by atoms with Crippen LogP contribution in [0.15, 0.2) is 91.3 Å². The van der Waals surface area contributed by atoms with Crippen LogP contribution in [0.25, 0.3) is 22.3 Å². The number of hydrogen-bond acceptors (Lipinski definition) is 5. The maximum Gasteiger partial charge on any atom is 0.205 e. The van der Waals surface area contributed by atoms with Crippen LogP contribution in [0.2, 0.25) is 0 Å². The van der Waals surface area contributed by atoms with Gasteiger partial charge in [0.05, 0.1) is 16.7 Å². The van der Waals surface area contributed by atoms with Crippen molar-refractivity contribution in [1.82, 2.24) is 19.9 Å². The number of imidazole rings is 1. The molecule has 0 fully saturated rings. The van der Waals surface area contributed by atoms with Crippen molar-refractivity contribution in [2.75, 3.05) is 10.6 Å². The molecule has 6 heteroatoms. The summed E-state index contributed by atoms with van der Waals surface area (Å²) in [7, 11) is 0. The summed E-state index contributed by atoms with van der Waals surface area (Å²) in [5.41, 5.74) is 5.77. The first-order valence-electron chi connectivity index (χ1n) is 9.30. The van der Waals surface area contributed by atoms with Crippen LogP contribution >= 0.6 is 0 Å². The molecule has 0 aliphatic carbocycles. The maximum absolute atomic E-state index is 4.54. The molecule has 0 atom stereocenters. The van der Waals surface area contributed by atoms with Crippen molar-refractivity contribution >= 4 is 34.2 Å². The molecule has 0 saturated carbocycles. The van der Waals surface area contributed by atoms with Gasteiger partial charge in [-0.3, -0.25) is 0 Å². The molecule has 0 aliphatic rings. The Balaban J connectivity index is 1.30. The molecule has 29 heavy (non-hydrogen) atoms. The highest BCUT2D eigenvalue weighted by atomic mass is 15.1. The van der Waals surface area contributed by atoms with E-state index in [1.807, 2.05) is 84.9 Å². The van der Waals surface area contributed by atoms with Crippen molar-refractivity contribution in [1.29, 1.82) is 0 Å². The molecule has 2 heterocycles. The number of hydrogen-bond donors (Lipinski definition) is 3. The Morgan fingerprint density at radius 2 is 1.41 bits per heavy atom. The first kappa shape index (κ1) is 16.9. The molecule has 140 valence electrons. The van der Waals surface area contributed by atoms with Crippen molar-refractivity contribution in [3.05, 3.63) is 91.3 Å². The lowest BCUT2D eigenvalue weighted by molar-refractivity contribution is 1.17. The lowest BCUT2D eigenvalue weighted by atomic mass is 10.1. The predicted molar refractivity (Wildman–Crippen MR) is 117 cm³/mol. The molecule has 5 aromatic rings. The van der Waals surface area contributed by atoms with Gasteiger partial charge in [0.25, 0.3) is 0 Å². The average molecular weight is 378 g/mol. The quantitative estimate of drug-likeness (QED) is 0.376. The second-order valence-electron chi connectivity index (χ2n) is 6.58.